The van der Waals surface area contributed by atoms with Crippen molar-refractivity contribution in [3.8, 4) is 5.75 Å². The number of rotatable bonds is 4. The minimum Gasteiger partial charge on any atom is -0.497 e. The van der Waals surface area contributed by atoms with Gasteiger partial charge in [0.2, 0.25) is 0 Å². The number of hydrogen-bond acceptors (Lipinski definition) is 3. The minimum atomic E-state index is -0.710. The van der Waals surface area contributed by atoms with Gasteiger partial charge in [0.25, 0.3) is 0 Å². The molecule has 0 unspecified atom stereocenters. The summed E-state index contributed by atoms with van der Waals surface area (Å²) in [5.74, 6) is -0.714. The van der Waals surface area contributed by atoms with E-state index in [1.807, 2.05) is 0 Å². The van der Waals surface area contributed by atoms with Crippen LogP contribution in [0.5, 0.6) is 5.75 Å². The summed E-state index contributed by atoms with van der Waals surface area (Å²) in [6.45, 7) is 0.0560. The number of nitrogens with one attached hydrogen (secondary N) is 1. The summed E-state index contributed by atoms with van der Waals surface area (Å²) in [4.78, 5) is 11.5. The molecule has 0 fully saturated rings. The van der Waals surface area contributed by atoms with Crippen molar-refractivity contribution >= 4 is 17.4 Å². The van der Waals surface area contributed by atoms with Crippen LogP contribution in [0.1, 0.15) is 10.4 Å². The fraction of sp³-hybridized carbons (Fsp3) is 0.300. The van der Waals surface area contributed by atoms with Crippen LogP contribution in [-0.4, -0.2) is 26.5 Å². The molecule has 0 saturated heterocycles. The predicted molar refractivity (Wildman–Crippen MR) is 56.2 cm³/mol. The van der Waals surface area contributed by atoms with Crippen molar-refractivity contribution in [2.75, 3.05) is 20.7 Å². The second-order valence-electron chi connectivity index (χ2n) is 2.92. The van der Waals surface area contributed by atoms with Crippen LogP contribution in [0.4, 0.5) is 4.39 Å². The first kappa shape index (κ1) is 11.9. The van der Waals surface area contributed by atoms with E-state index < -0.39 is 5.82 Å². The average molecular weight is 232 g/mol. The summed E-state index contributed by atoms with van der Waals surface area (Å²) in [6.07, 6.45) is 0. The van der Waals surface area contributed by atoms with Gasteiger partial charge in [-0.3, -0.25) is 4.79 Å². The standard InChI is InChI=1S/C10H11ClFNO2/c1-13-5-9(14)7-3-6(15-2)4-8(11)10(7)12/h3-4,13H,5H2,1-2H3. The number of likely N-dealkylation sites (N-methyl/N-ethyl adjacent to an activating group) is 1. The van der Waals surface area contributed by atoms with Crippen molar-refractivity contribution in [1.82, 2.24) is 5.32 Å². The van der Waals surface area contributed by atoms with Gasteiger partial charge in [0.05, 0.1) is 24.2 Å². The van der Waals surface area contributed by atoms with Gasteiger partial charge in [0.15, 0.2) is 11.6 Å². The van der Waals surface area contributed by atoms with Crippen LogP contribution in [0.15, 0.2) is 12.1 Å². The number of benzene rings is 1. The number of halogens is 2. The summed E-state index contributed by atoms with van der Waals surface area (Å²) in [5.41, 5.74) is -0.0614. The molecule has 1 aromatic rings. The van der Waals surface area contributed by atoms with Crippen molar-refractivity contribution in [1.29, 1.82) is 0 Å². The van der Waals surface area contributed by atoms with Gasteiger partial charge in [-0.2, -0.15) is 0 Å². The monoisotopic (exact) mass is 231 g/mol. The van der Waals surface area contributed by atoms with Crippen molar-refractivity contribution < 1.29 is 13.9 Å². The number of Topliss-reactive ketones (excluding diaryl/α,β-unsaturated/α-hetero) is 1. The van der Waals surface area contributed by atoms with Crippen LogP contribution >= 0.6 is 11.6 Å². The molecule has 0 saturated carbocycles. The topological polar surface area (TPSA) is 38.3 Å². The van der Waals surface area contributed by atoms with E-state index in [9.17, 15) is 9.18 Å². The fourth-order valence-corrected chi connectivity index (χ4v) is 1.35. The second-order valence-corrected chi connectivity index (χ2v) is 3.33. The summed E-state index contributed by atoms with van der Waals surface area (Å²) in [6, 6.07) is 2.66. The minimum absolute atomic E-state index is 0.0560. The van der Waals surface area contributed by atoms with Gasteiger partial charge in [-0.05, 0) is 13.1 Å². The number of hydrogen-bond donors (Lipinski definition) is 1. The lowest BCUT2D eigenvalue weighted by Gasteiger charge is -2.06. The summed E-state index contributed by atoms with van der Waals surface area (Å²) in [7, 11) is 3.04. The normalized spacial score (nSPS) is 10.1. The lowest BCUT2D eigenvalue weighted by atomic mass is 10.1. The number of carbonyl (C=O) groups is 1. The Labute approximate surface area is 92.2 Å². The first-order valence-electron chi connectivity index (χ1n) is 4.31. The maximum atomic E-state index is 13.5. The van der Waals surface area contributed by atoms with Crippen LogP contribution < -0.4 is 10.1 Å². The first-order valence-corrected chi connectivity index (χ1v) is 4.68. The lowest BCUT2D eigenvalue weighted by molar-refractivity contribution is 0.0989. The summed E-state index contributed by atoms with van der Waals surface area (Å²) in [5, 5.41) is 2.53. The van der Waals surface area contributed by atoms with Gasteiger partial charge in [-0.25, -0.2) is 4.39 Å². The second kappa shape index (κ2) is 5.09. The van der Waals surface area contributed by atoms with Gasteiger partial charge >= 0.3 is 0 Å². The number of methoxy groups -OCH3 is 1. The van der Waals surface area contributed by atoms with E-state index in [-0.39, 0.29) is 22.9 Å². The van der Waals surface area contributed by atoms with E-state index in [0.717, 1.165) is 0 Å². The Morgan fingerprint density at radius 3 is 2.80 bits per heavy atom. The van der Waals surface area contributed by atoms with Crippen LogP contribution in [0.25, 0.3) is 0 Å². The largest absolute Gasteiger partial charge is 0.497 e. The summed E-state index contributed by atoms with van der Waals surface area (Å²) < 4.78 is 18.4. The molecule has 0 aliphatic carbocycles. The van der Waals surface area contributed by atoms with Crippen LogP contribution in [0.2, 0.25) is 5.02 Å². The van der Waals surface area contributed by atoms with E-state index in [1.54, 1.807) is 7.05 Å². The van der Waals surface area contributed by atoms with E-state index in [0.29, 0.717) is 5.75 Å². The quantitative estimate of drug-likeness (QED) is 0.805. The maximum absolute atomic E-state index is 13.5. The van der Waals surface area contributed by atoms with Crippen molar-refractivity contribution in [2.45, 2.75) is 0 Å². The van der Waals surface area contributed by atoms with Crippen molar-refractivity contribution in [2.24, 2.45) is 0 Å². The Hall–Kier alpha value is -1.13. The van der Waals surface area contributed by atoms with E-state index >= 15 is 0 Å². The maximum Gasteiger partial charge on any atom is 0.179 e. The molecule has 0 atom stereocenters. The number of ketones is 1. The smallest absolute Gasteiger partial charge is 0.179 e. The molecule has 0 radical (unpaired) electrons. The predicted octanol–water partition coefficient (Wildman–Crippen LogP) is 1.89. The Bertz CT molecular complexity index is 382. The molecular weight excluding hydrogens is 221 g/mol. The molecule has 3 nitrogen and oxygen atoms in total. The highest BCUT2D eigenvalue weighted by Crippen LogP contribution is 2.25. The summed E-state index contributed by atoms with van der Waals surface area (Å²) >= 11 is 5.61. The zero-order chi connectivity index (χ0) is 11.4. The van der Waals surface area contributed by atoms with Gasteiger partial charge < -0.3 is 10.1 Å². The van der Waals surface area contributed by atoms with Gasteiger partial charge in [-0.15, -0.1) is 0 Å². The average Bonchev–Trinajstić information content (AvgIpc) is 2.22. The Morgan fingerprint density at radius 2 is 2.27 bits per heavy atom. The molecule has 0 heterocycles. The molecule has 5 heteroatoms. The van der Waals surface area contributed by atoms with E-state index in [2.05, 4.69) is 5.32 Å². The molecule has 0 spiro atoms. The highest BCUT2D eigenvalue weighted by molar-refractivity contribution is 6.31. The molecule has 0 bridgehead atoms. The highest BCUT2D eigenvalue weighted by Gasteiger charge is 2.15. The SMILES string of the molecule is CNCC(=O)c1cc(OC)cc(Cl)c1F. The van der Waals surface area contributed by atoms with Crippen molar-refractivity contribution in [3.63, 3.8) is 0 Å². The first-order chi connectivity index (χ1) is 7.10. The molecule has 0 amide bonds. The molecule has 1 N–H and O–H groups in total. The number of carbonyl (C=O) groups excluding carboxylic acids is 1. The lowest BCUT2D eigenvalue weighted by Crippen LogP contribution is -2.19. The molecular formula is C10H11ClFNO2. The third-order valence-electron chi connectivity index (χ3n) is 1.88. The third-order valence-corrected chi connectivity index (χ3v) is 2.15. The third kappa shape index (κ3) is 2.67. The molecule has 0 aromatic heterocycles. The van der Waals surface area contributed by atoms with Gasteiger partial charge in [0, 0.05) is 6.07 Å². The zero-order valence-corrected chi connectivity index (χ0v) is 9.19. The molecule has 0 aliphatic rings. The van der Waals surface area contributed by atoms with Gasteiger partial charge in [0.1, 0.15) is 5.75 Å². The van der Waals surface area contributed by atoms with E-state index in [1.165, 1.54) is 19.2 Å². The molecule has 1 aromatic carbocycles. The van der Waals surface area contributed by atoms with Crippen LogP contribution in [0.3, 0.4) is 0 Å². The zero-order valence-electron chi connectivity index (χ0n) is 8.43. The van der Waals surface area contributed by atoms with Crippen molar-refractivity contribution in [3.05, 3.63) is 28.5 Å². The Morgan fingerprint density at radius 1 is 1.60 bits per heavy atom. The Balaban J connectivity index is 3.15. The van der Waals surface area contributed by atoms with Gasteiger partial charge in [-0.1, -0.05) is 11.6 Å². The van der Waals surface area contributed by atoms with Crippen LogP contribution in [0, 0.1) is 5.82 Å². The molecule has 1 rings (SSSR count). The molecule has 15 heavy (non-hydrogen) atoms. The fourth-order valence-electron chi connectivity index (χ4n) is 1.14. The number of ether oxygens (including phenoxy) is 1. The Kier molecular flexibility index (Phi) is 4.05. The van der Waals surface area contributed by atoms with Crippen LogP contribution in [-0.2, 0) is 0 Å². The molecule has 0 aliphatic heterocycles. The molecule has 82 valence electrons. The highest BCUT2D eigenvalue weighted by atomic mass is 35.5. The van der Waals surface area contributed by atoms with E-state index in [4.69, 9.17) is 16.3 Å².